The fourth-order valence-corrected chi connectivity index (χ4v) is 1.52. The van der Waals surface area contributed by atoms with Gasteiger partial charge in [-0.1, -0.05) is 24.6 Å². The van der Waals surface area contributed by atoms with Crippen molar-refractivity contribution in [2.24, 2.45) is 5.73 Å². The van der Waals surface area contributed by atoms with Crippen molar-refractivity contribution in [3.63, 3.8) is 0 Å². The summed E-state index contributed by atoms with van der Waals surface area (Å²) < 4.78 is 13.3. The number of halogens is 2. The number of hydrogen-bond donors (Lipinski definition) is 1. The van der Waals surface area contributed by atoms with Crippen LogP contribution in [0.5, 0.6) is 0 Å². The molecule has 2 N–H and O–H groups in total. The van der Waals surface area contributed by atoms with Gasteiger partial charge in [-0.3, -0.25) is 0 Å². The highest BCUT2D eigenvalue weighted by molar-refractivity contribution is 6.32. The highest BCUT2D eigenvalue weighted by atomic mass is 35.5. The van der Waals surface area contributed by atoms with E-state index in [1.54, 1.807) is 6.07 Å². The predicted molar refractivity (Wildman–Crippen MR) is 53.4 cm³/mol. The summed E-state index contributed by atoms with van der Waals surface area (Å²) in [4.78, 5) is 0. The smallest absolute Gasteiger partial charge is 0.129 e. The molecule has 0 spiro atoms. The molecule has 1 atom stereocenters. The lowest BCUT2D eigenvalue weighted by Crippen LogP contribution is -2.11. The molecule has 0 saturated carbocycles. The molecule has 3 heteroatoms. The van der Waals surface area contributed by atoms with Gasteiger partial charge >= 0.3 is 0 Å². The Balaban J connectivity index is 3.25. The lowest BCUT2D eigenvalue weighted by atomic mass is 10.0. The van der Waals surface area contributed by atoms with Gasteiger partial charge in [0, 0.05) is 11.6 Å². The average Bonchev–Trinajstić information content (AvgIpc) is 2.12. The molecule has 0 fully saturated rings. The van der Waals surface area contributed by atoms with E-state index in [4.69, 9.17) is 17.3 Å². The van der Waals surface area contributed by atoms with Gasteiger partial charge in [-0.25, -0.2) is 4.39 Å². The van der Waals surface area contributed by atoms with Crippen LogP contribution < -0.4 is 5.73 Å². The number of benzene rings is 1. The summed E-state index contributed by atoms with van der Waals surface area (Å²) >= 11 is 5.95. The molecule has 0 aliphatic heterocycles. The zero-order valence-electron chi connectivity index (χ0n) is 7.77. The zero-order chi connectivity index (χ0) is 10.0. The maximum atomic E-state index is 13.3. The van der Waals surface area contributed by atoms with Crippen LogP contribution in [-0.2, 0) is 0 Å². The maximum absolute atomic E-state index is 13.3. The predicted octanol–water partition coefficient (Wildman–Crippen LogP) is 3.20. The van der Waals surface area contributed by atoms with Crippen LogP contribution in [0.3, 0.4) is 0 Å². The Hall–Kier alpha value is -0.600. The van der Waals surface area contributed by atoms with Crippen LogP contribution in [-0.4, -0.2) is 0 Å². The normalized spacial score (nSPS) is 13.0. The van der Waals surface area contributed by atoms with Crippen LogP contribution in [0.25, 0.3) is 0 Å². The molecule has 0 aliphatic rings. The minimum absolute atomic E-state index is 0.313. The molecular formula is C10H13ClFN. The minimum atomic E-state index is -0.315. The Kier molecular flexibility index (Phi) is 3.28. The Morgan fingerprint density at radius 1 is 1.54 bits per heavy atom. The Labute approximate surface area is 82.7 Å². The quantitative estimate of drug-likeness (QED) is 0.782. The standard InChI is InChI=1S/C10H13ClFN/c1-3-8(13)9-7(12)5-4-6(2)10(9)11/h4-5,8H,3,13H2,1-2H3. The Morgan fingerprint density at radius 2 is 2.15 bits per heavy atom. The van der Waals surface area contributed by atoms with E-state index in [0.717, 1.165) is 5.56 Å². The first kappa shape index (κ1) is 10.5. The first-order valence-corrected chi connectivity index (χ1v) is 4.65. The van der Waals surface area contributed by atoms with Crippen molar-refractivity contribution in [1.29, 1.82) is 0 Å². The van der Waals surface area contributed by atoms with Crippen molar-refractivity contribution < 1.29 is 4.39 Å². The molecule has 0 saturated heterocycles. The van der Waals surface area contributed by atoms with Crippen molar-refractivity contribution >= 4 is 11.6 Å². The molecule has 72 valence electrons. The molecule has 0 aromatic heterocycles. The van der Waals surface area contributed by atoms with Crippen molar-refractivity contribution in [2.75, 3.05) is 0 Å². The third-order valence-electron chi connectivity index (χ3n) is 2.13. The first-order valence-electron chi connectivity index (χ1n) is 4.28. The molecule has 0 amide bonds. The lowest BCUT2D eigenvalue weighted by molar-refractivity contribution is 0.575. The first-order chi connectivity index (χ1) is 6.07. The van der Waals surface area contributed by atoms with Gasteiger partial charge in [0.05, 0.1) is 5.02 Å². The van der Waals surface area contributed by atoms with Crippen LogP contribution in [0, 0.1) is 12.7 Å². The highest BCUT2D eigenvalue weighted by Crippen LogP contribution is 2.28. The molecule has 0 aliphatic carbocycles. The lowest BCUT2D eigenvalue weighted by Gasteiger charge is -2.13. The van der Waals surface area contributed by atoms with Crippen LogP contribution in [0.15, 0.2) is 12.1 Å². The summed E-state index contributed by atoms with van der Waals surface area (Å²) in [6.07, 6.45) is 0.681. The topological polar surface area (TPSA) is 26.0 Å². The van der Waals surface area contributed by atoms with E-state index in [-0.39, 0.29) is 11.9 Å². The third kappa shape index (κ3) is 2.01. The third-order valence-corrected chi connectivity index (χ3v) is 2.63. The number of rotatable bonds is 2. The summed E-state index contributed by atoms with van der Waals surface area (Å²) in [5.41, 5.74) is 7.04. The van der Waals surface area contributed by atoms with Gasteiger partial charge in [0.15, 0.2) is 0 Å². The van der Waals surface area contributed by atoms with Crippen LogP contribution in [0.2, 0.25) is 5.02 Å². The Bertz CT molecular complexity index is 312. The minimum Gasteiger partial charge on any atom is -0.324 e. The van der Waals surface area contributed by atoms with E-state index in [1.807, 2.05) is 13.8 Å². The fourth-order valence-electron chi connectivity index (χ4n) is 1.22. The zero-order valence-corrected chi connectivity index (χ0v) is 8.53. The molecule has 1 rings (SSSR count). The van der Waals surface area contributed by atoms with Crippen LogP contribution >= 0.6 is 11.6 Å². The van der Waals surface area contributed by atoms with E-state index in [9.17, 15) is 4.39 Å². The van der Waals surface area contributed by atoms with Crippen LogP contribution in [0.1, 0.15) is 30.5 Å². The van der Waals surface area contributed by atoms with E-state index < -0.39 is 0 Å². The van der Waals surface area contributed by atoms with Crippen molar-refractivity contribution in [3.05, 3.63) is 34.1 Å². The molecule has 1 unspecified atom stereocenters. The largest absolute Gasteiger partial charge is 0.324 e. The molecule has 1 nitrogen and oxygen atoms in total. The van der Waals surface area contributed by atoms with E-state index in [0.29, 0.717) is 17.0 Å². The summed E-state index contributed by atoms with van der Waals surface area (Å²) in [7, 11) is 0. The number of aryl methyl sites for hydroxylation is 1. The van der Waals surface area contributed by atoms with E-state index in [2.05, 4.69) is 0 Å². The molecule has 1 aromatic carbocycles. The Morgan fingerprint density at radius 3 is 2.69 bits per heavy atom. The second kappa shape index (κ2) is 4.07. The fraction of sp³-hybridized carbons (Fsp3) is 0.400. The molecule has 13 heavy (non-hydrogen) atoms. The number of hydrogen-bond acceptors (Lipinski definition) is 1. The number of nitrogens with two attached hydrogens (primary N) is 1. The molecule has 0 bridgehead atoms. The van der Waals surface area contributed by atoms with Gasteiger partial charge in [0.2, 0.25) is 0 Å². The molecule has 0 heterocycles. The van der Waals surface area contributed by atoms with Gasteiger partial charge in [0.1, 0.15) is 5.82 Å². The average molecular weight is 202 g/mol. The summed E-state index contributed by atoms with van der Waals surface area (Å²) in [5.74, 6) is -0.315. The van der Waals surface area contributed by atoms with Gasteiger partial charge in [0.25, 0.3) is 0 Å². The SMILES string of the molecule is CCC(N)c1c(F)ccc(C)c1Cl. The van der Waals surface area contributed by atoms with Crippen molar-refractivity contribution in [2.45, 2.75) is 26.3 Å². The van der Waals surface area contributed by atoms with Gasteiger partial charge < -0.3 is 5.73 Å². The molecular weight excluding hydrogens is 189 g/mol. The second-order valence-corrected chi connectivity index (χ2v) is 3.48. The van der Waals surface area contributed by atoms with E-state index in [1.165, 1.54) is 6.07 Å². The van der Waals surface area contributed by atoms with Gasteiger partial charge in [-0.2, -0.15) is 0 Å². The molecule has 0 radical (unpaired) electrons. The van der Waals surface area contributed by atoms with Crippen molar-refractivity contribution in [1.82, 2.24) is 0 Å². The maximum Gasteiger partial charge on any atom is 0.129 e. The van der Waals surface area contributed by atoms with Gasteiger partial charge in [-0.05, 0) is 25.0 Å². The summed E-state index contributed by atoms with van der Waals surface area (Å²) in [6.45, 7) is 3.75. The highest BCUT2D eigenvalue weighted by Gasteiger charge is 2.14. The van der Waals surface area contributed by atoms with Gasteiger partial charge in [-0.15, -0.1) is 0 Å². The summed E-state index contributed by atoms with van der Waals surface area (Å²) in [5, 5.41) is 0.453. The second-order valence-electron chi connectivity index (χ2n) is 3.11. The van der Waals surface area contributed by atoms with Crippen molar-refractivity contribution in [3.8, 4) is 0 Å². The summed E-state index contributed by atoms with van der Waals surface area (Å²) in [6, 6.07) is 2.75. The molecule has 1 aromatic rings. The van der Waals surface area contributed by atoms with Crippen LogP contribution in [0.4, 0.5) is 4.39 Å². The van der Waals surface area contributed by atoms with E-state index >= 15 is 0 Å². The monoisotopic (exact) mass is 201 g/mol.